The van der Waals surface area contributed by atoms with Crippen LogP contribution in [0.15, 0.2) is 24.3 Å². The molecule has 0 aliphatic carbocycles. The van der Waals surface area contributed by atoms with Crippen LogP contribution in [0.1, 0.15) is 18.4 Å². The first kappa shape index (κ1) is 19.0. The summed E-state index contributed by atoms with van der Waals surface area (Å²) >= 11 is 1.04. The Kier molecular flexibility index (Phi) is 5.76. The van der Waals surface area contributed by atoms with Crippen molar-refractivity contribution in [1.29, 1.82) is 0 Å². The van der Waals surface area contributed by atoms with Crippen LogP contribution in [0.5, 0.6) is 0 Å². The number of nitrogens with zero attached hydrogens (tertiary/aromatic N) is 2. The first-order chi connectivity index (χ1) is 12.3. The second-order valence-corrected chi connectivity index (χ2v) is 7.56. The number of alkyl halides is 3. The SMILES string of the molecule is O=C1NC(CCCN2CCN(c3cccc(C(F)(F)F)c3)CC2)SC1=O. The molecule has 1 atom stereocenters. The topological polar surface area (TPSA) is 52.7 Å². The van der Waals surface area contributed by atoms with Crippen molar-refractivity contribution in [3.63, 3.8) is 0 Å². The van der Waals surface area contributed by atoms with Crippen LogP contribution in [-0.4, -0.2) is 54.0 Å². The van der Waals surface area contributed by atoms with Gasteiger partial charge in [0.2, 0.25) is 0 Å². The highest BCUT2D eigenvalue weighted by atomic mass is 32.2. The number of anilines is 1. The van der Waals surface area contributed by atoms with Crippen molar-refractivity contribution < 1.29 is 22.8 Å². The molecular weight excluding hydrogens is 367 g/mol. The molecule has 0 bridgehead atoms. The summed E-state index contributed by atoms with van der Waals surface area (Å²) in [6, 6.07) is 5.44. The fraction of sp³-hybridized carbons (Fsp3) is 0.529. The van der Waals surface area contributed by atoms with Gasteiger partial charge < -0.3 is 10.2 Å². The van der Waals surface area contributed by atoms with Gasteiger partial charge in [0.05, 0.1) is 10.9 Å². The van der Waals surface area contributed by atoms with E-state index in [1.807, 2.05) is 4.90 Å². The second kappa shape index (κ2) is 7.87. The number of hydrogen-bond donors (Lipinski definition) is 1. The Morgan fingerprint density at radius 1 is 1.15 bits per heavy atom. The zero-order valence-corrected chi connectivity index (χ0v) is 14.9. The maximum Gasteiger partial charge on any atom is 0.416 e. The number of carbonyl (C=O) groups excluding carboxylic acids is 2. The summed E-state index contributed by atoms with van der Waals surface area (Å²) in [4.78, 5) is 26.5. The van der Waals surface area contributed by atoms with E-state index in [-0.39, 0.29) is 5.37 Å². The maximum atomic E-state index is 12.8. The lowest BCUT2D eigenvalue weighted by molar-refractivity contribution is -0.137. The smallest absolute Gasteiger partial charge is 0.369 e. The number of thioether (sulfide) groups is 1. The molecule has 9 heteroatoms. The quantitative estimate of drug-likeness (QED) is 0.786. The number of halogens is 3. The Hall–Kier alpha value is -1.74. The zero-order valence-electron chi connectivity index (χ0n) is 14.1. The van der Waals surface area contributed by atoms with Crippen LogP contribution in [0, 0.1) is 0 Å². The summed E-state index contributed by atoms with van der Waals surface area (Å²) in [7, 11) is 0. The van der Waals surface area contributed by atoms with Crippen molar-refractivity contribution in [2.45, 2.75) is 24.4 Å². The molecule has 5 nitrogen and oxygen atoms in total. The number of carbonyl (C=O) groups is 2. The first-order valence-electron chi connectivity index (χ1n) is 8.49. The van der Waals surface area contributed by atoms with Gasteiger partial charge in [0.15, 0.2) is 0 Å². The Bertz CT molecular complexity index is 659. The van der Waals surface area contributed by atoms with Gasteiger partial charge in [0.1, 0.15) is 0 Å². The number of benzene rings is 1. The molecule has 26 heavy (non-hydrogen) atoms. The number of hydrogen-bond acceptors (Lipinski definition) is 5. The summed E-state index contributed by atoms with van der Waals surface area (Å²) in [5.74, 6) is -0.519. The Labute approximate surface area is 153 Å². The summed E-state index contributed by atoms with van der Waals surface area (Å²) in [5.41, 5.74) is -0.0221. The Balaban J connectivity index is 1.43. The van der Waals surface area contributed by atoms with Crippen LogP contribution in [-0.2, 0) is 15.8 Å². The molecule has 1 aromatic rings. The fourth-order valence-electron chi connectivity index (χ4n) is 3.16. The molecule has 0 aromatic heterocycles. The highest BCUT2D eigenvalue weighted by Crippen LogP contribution is 2.32. The predicted molar refractivity (Wildman–Crippen MR) is 93.9 cm³/mol. The molecule has 2 fully saturated rings. The van der Waals surface area contributed by atoms with E-state index in [4.69, 9.17) is 0 Å². The molecule has 1 aromatic carbocycles. The van der Waals surface area contributed by atoms with Crippen LogP contribution in [0.4, 0.5) is 18.9 Å². The van der Waals surface area contributed by atoms with Crippen LogP contribution in [0.25, 0.3) is 0 Å². The molecule has 1 unspecified atom stereocenters. The normalized spacial score (nSPS) is 22.0. The van der Waals surface area contributed by atoms with Gasteiger partial charge in [0, 0.05) is 31.9 Å². The summed E-state index contributed by atoms with van der Waals surface area (Å²) in [6.07, 6.45) is -2.74. The van der Waals surface area contributed by atoms with E-state index in [0.717, 1.165) is 50.3 Å². The van der Waals surface area contributed by atoms with Gasteiger partial charge in [-0.25, -0.2) is 0 Å². The molecule has 0 radical (unpaired) electrons. The van der Waals surface area contributed by atoms with Gasteiger partial charge in [-0.05, 0) is 37.6 Å². The third kappa shape index (κ3) is 4.70. The average molecular weight is 387 g/mol. The molecule has 2 saturated heterocycles. The standard InChI is InChI=1S/C17H20F3N3O2S/c18-17(19,20)12-3-1-4-13(11-12)23-9-7-22(8-10-23)6-2-5-14-21-15(24)16(25)26-14/h1,3-4,11,14H,2,5-10H2,(H,21,24). The predicted octanol–water partition coefficient (Wildman–Crippen LogP) is 2.32. The second-order valence-electron chi connectivity index (χ2n) is 6.39. The molecular formula is C17H20F3N3O2S. The number of amides is 1. The summed E-state index contributed by atoms with van der Waals surface area (Å²) < 4.78 is 38.5. The maximum absolute atomic E-state index is 12.8. The molecule has 142 valence electrons. The van der Waals surface area contributed by atoms with Crippen molar-refractivity contribution in [1.82, 2.24) is 10.2 Å². The lowest BCUT2D eigenvalue weighted by Crippen LogP contribution is -2.46. The Morgan fingerprint density at radius 2 is 1.88 bits per heavy atom. The minimum Gasteiger partial charge on any atom is -0.369 e. The lowest BCUT2D eigenvalue weighted by Gasteiger charge is -2.36. The van der Waals surface area contributed by atoms with Crippen molar-refractivity contribution >= 4 is 28.5 Å². The van der Waals surface area contributed by atoms with Crippen molar-refractivity contribution in [2.24, 2.45) is 0 Å². The van der Waals surface area contributed by atoms with Crippen LogP contribution >= 0.6 is 11.8 Å². The zero-order chi connectivity index (χ0) is 18.7. The summed E-state index contributed by atoms with van der Waals surface area (Å²) in [5, 5.41) is 2.08. The monoisotopic (exact) mass is 387 g/mol. The minimum atomic E-state index is -4.33. The molecule has 3 rings (SSSR count). The van der Waals surface area contributed by atoms with E-state index in [9.17, 15) is 22.8 Å². The molecule has 0 saturated carbocycles. The number of rotatable bonds is 5. The minimum absolute atomic E-state index is 0.138. The van der Waals surface area contributed by atoms with Gasteiger partial charge >= 0.3 is 6.18 Å². The average Bonchev–Trinajstić information content (AvgIpc) is 2.93. The van der Waals surface area contributed by atoms with Crippen LogP contribution < -0.4 is 10.2 Å². The van der Waals surface area contributed by atoms with Crippen molar-refractivity contribution in [3.8, 4) is 0 Å². The van der Waals surface area contributed by atoms with E-state index in [0.29, 0.717) is 18.8 Å². The lowest BCUT2D eigenvalue weighted by atomic mass is 10.1. The fourth-order valence-corrected chi connectivity index (χ4v) is 4.03. The first-order valence-corrected chi connectivity index (χ1v) is 9.37. The van der Waals surface area contributed by atoms with Gasteiger partial charge in [0.25, 0.3) is 11.0 Å². The van der Waals surface area contributed by atoms with Crippen molar-refractivity contribution in [2.75, 3.05) is 37.6 Å². The Morgan fingerprint density at radius 3 is 2.50 bits per heavy atom. The van der Waals surface area contributed by atoms with Gasteiger partial charge in [-0.1, -0.05) is 17.8 Å². The molecule has 2 aliphatic rings. The van der Waals surface area contributed by atoms with Gasteiger partial charge in [-0.2, -0.15) is 13.2 Å². The third-order valence-corrected chi connectivity index (χ3v) is 5.62. The van der Waals surface area contributed by atoms with Gasteiger partial charge in [-0.3, -0.25) is 14.5 Å². The number of piperazine rings is 1. The largest absolute Gasteiger partial charge is 0.416 e. The van der Waals surface area contributed by atoms with Crippen LogP contribution in [0.2, 0.25) is 0 Å². The van der Waals surface area contributed by atoms with E-state index >= 15 is 0 Å². The highest BCUT2D eigenvalue weighted by molar-refractivity contribution is 8.16. The molecule has 0 spiro atoms. The third-order valence-electron chi connectivity index (χ3n) is 4.58. The van der Waals surface area contributed by atoms with Gasteiger partial charge in [-0.15, -0.1) is 0 Å². The van der Waals surface area contributed by atoms with E-state index in [2.05, 4.69) is 10.2 Å². The van der Waals surface area contributed by atoms with E-state index in [1.54, 1.807) is 6.07 Å². The molecule has 2 aliphatic heterocycles. The molecule has 2 heterocycles. The highest BCUT2D eigenvalue weighted by Gasteiger charge is 2.31. The van der Waals surface area contributed by atoms with Crippen LogP contribution in [0.3, 0.4) is 0 Å². The van der Waals surface area contributed by atoms with E-state index in [1.165, 1.54) is 12.1 Å². The van der Waals surface area contributed by atoms with Crippen molar-refractivity contribution in [3.05, 3.63) is 29.8 Å². The molecule has 1 amide bonds. The van der Waals surface area contributed by atoms with E-state index < -0.39 is 22.8 Å². The molecule has 1 N–H and O–H groups in total. The summed E-state index contributed by atoms with van der Waals surface area (Å²) in [6.45, 7) is 3.75. The number of nitrogens with one attached hydrogen (secondary N) is 1.